The molecule has 2 aromatic carbocycles. The Morgan fingerprint density at radius 2 is 1.78 bits per heavy atom. The predicted octanol–water partition coefficient (Wildman–Crippen LogP) is 3.82. The number of nitrogens with one attached hydrogen (secondary N) is 2. The second-order valence-electron chi connectivity index (χ2n) is 7.07. The molecule has 0 aliphatic rings. The van der Waals surface area contributed by atoms with Gasteiger partial charge < -0.3 is 14.8 Å². The summed E-state index contributed by atoms with van der Waals surface area (Å²) in [6.45, 7) is 4.56. The molecule has 0 spiro atoms. The number of halogens is 3. The molecule has 0 aliphatic heterocycles. The minimum absolute atomic E-state index is 0.126. The van der Waals surface area contributed by atoms with Crippen molar-refractivity contribution in [2.45, 2.75) is 37.4 Å². The molecule has 0 aromatic heterocycles. The average Bonchev–Trinajstić information content (AvgIpc) is 2.71. The Bertz CT molecular complexity index is 993. The molecule has 0 aliphatic carbocycles. The van der Waals surface area contributed by atoms with E-state index in [9.17, 15) is 26.4 Å². The van der Waals surface area contributed by atoms with Crippen molar-refractivity contribution in [3.63, 3.8) is 0 Å². The van der Waals surface area contributed by atoms with Crippen molar-refractivity contribution in [3.8, 4) is 5.75 Å². The Hall–Kier alpha value is -2.79. The summed E-state index contributed by atoms with van der Waals surface area (Å²) >= 11 is 0. The summed E-state index contributed by atoms with van der Waals surface area (Å²) in [6.07, 6.45) is -3.80. The molecule has 0 fully saturated rings. The number of ether oxygens (including phenoxy) is 2. The van der Waals surface area contributed by atoms with E-state index in [4.69, 9.17) is 9.47 Å². The van der Waals surface area contributed by atoms with Crippen LogP contribution in [0.2, 0.25) is 0 Å². The van der Waals surface area contributed by atoms with Gasteiger partial charge in [0.05, 0.1) is 16.6 Å². The van der Waals surface area contributed by atoms with E-state index in [-0.39, 0.29) is 35.0 Å². The van der Waals surface area contributed by atoms with E-state index < -0.39 is 21.8 Å². The fourth-order valence-electron chi connectivity index (χ4n) is 2.51. The van der Waals surface area contributed by atoms with Gasteiger partial charge in [-0.2, -0.15) is 13.2 Å². The fraction of sp³-hybridized carbons (Fsp3) is 0.381. The van der Waals surface area contributed by atoms with E-state index in [1.807, 2.05) is 13.8 Å². The van der Waals surface area contributed by atoms with Crippen LogP contribution in [0.1, 0.15) is 25.8 Å². The van der Waals surface area contributed by atoms with Gasteiger partial charge in [-0.3, -0.25) is 9.52 Å². The Balaban J connectivity index is 1.88. The molecule has 2 aromatic rings. The lowest BCUT2D eigenvalue weighted by molar-refractivity contribution is -0.137. The Labute approximate surface area is 185 Å². The summed E-state index contributed by atoms with van der Waals surface area (Å²) in [5.41, 5.74) is -1.18. The molecule has 7 nitrogen and oxygen atoms in total. The molecule has 2 rings (SSSR count). The SMILES string of the molecule is CC(C)OCCCNC(=O)COc1ccc(S(=O)(=O)Nc2cccc(C(F)(F)F)c2)cc1. The van der Waals surface area contributed by atoms with Gasteiger partial charge in [-0.1, -0.05) is 6.07 Å². The van der Waals surface area contributed by atoms with Gasteiger partial charge in [0.15, 0.2) is 6.61 Å². The molecule has 2 N–H and O–H groups in total. The molecule has 0 saturated heterocycles. The molecule has 0 radical (unpaired) electrons. The lowest BCUT2D eigenvalue weighted by Gasteiger charge is -2.12. The highest BCUT2D eigenvalue weighted by molar-refractivity contribution is 7.92. The smallest absolute Gasteiger partial charge is 0.416 e. The number of carbonyl (C=O) groups is 1. The minimum Gasteiger partial charge on any atom is -0.484 e. The highest BCUT2D eigenvalue weighted by Crippen LogP contribution is 2.31. The van der Waals surface area contributed by atoms with Crippen molar-refractivity contribution in [1.29, 1.82) is 0 Å². The van der Waals surface area contributed by atoms with Crippen molar-refractivity contribution < 1.29 is 35.9 Å². The van der Waals surface area contributed by atoms with E-state index >= 15 is 0 Å². The fourth-order valence-corrected chi connectivity index (χ4v) is 3.56. The molecule has 0 heterocycles. The highest BCUT2D eigenvalue weighted by Gasteiger charge is 2.30. The standard InChI is InChI=1S/C21H25F3N2O5S/c1-15(2)30-12-4-11-25-20(27)14-31-18-7-9-19(10-8-18)32(28,29)26-17-6-3-5-16(13-17)21(22,23)24/h3,5-10,13,15,26H,4,11-12,14H2,1-2H3,(H,25,27). The highest BCUT2D eigenvalue weighted by atomic mass is 32.2. The maximum Gasteiger partial charge on any atom is 0.416 e. The minimum atomic E-state index is -4.59. The molecule has 0 saturated carbocycles. The molecular weight excluding hydrogens is 449 g/mol. The Kier molecular flexibility index (Phi) is 8.90. The van der Waals surface area contributed by atoms with Gasteiger partial charge in [-0.05, 0) is 62.7 Å². The van der Waals surface area contributed by atoms with Crippen molar-refractivity contribution in [2.24, 2.45) is 0 Å². The summed E-state index contributed by atoms with van der Waals surface area (Å²) in [5.74, 6) is -0.0706. The van der Waals surface area contributed by atoms with Gasteiger partial charge in [0, 0.05) is 18.8 Å². The number of hydrogen-bond acceptors (Lipinski definition) is 5. The largest absolute Gasteiger partial charge is 0.484 e. The second kappa shape index (κ2) is 11.2. The number of amides is 1. The van der Waals surface area contributed by atoms with Crippen molar-refractivity contribution in [3.05, 3.63) is 54.1 Å². The van der Waals surface area contributed by atoms with Gasteiger partial charge in [-0.15, -0.1) is 0 Å². The number of alkyl halides is 3. The third kappa shape index (κ3) is 8.39. The molecule has 0 unspecified atom stereocenters. The van der Waals surface area contributed by atoms with Gasteiger partial charge in [0.1, 0.15) is 5.75 Å². The van der Waals surface area contributed by atoms with Crippen LogP contribution in [-0.2, 0) is 25.7 Å². The summed E-state index contributed by atoms with van der Waals surface area (Å²) in [6, 6.07) is 9.05. The predicted molar refractivity (Wildman–Crippen MR) is 113 cm³/mol. The summed E-state index contributed by atoms with van der Waals surface area (Å²) in [5, 5.41) is 2.67. The van der Waals surface area contributed by atoms with Crippen LogP contribution in [0, 0.1) is 0 Å². The van der Waals surface area contributed by atoms with Crippen molar-refractivity contribution >= 4 is 21.6 Å². The average molecular weight is 475 g/mol. The molecular formula is C21H25F3N2O5S. The van der Waals surface area contributed by atoms with E-state index in [1.165, 1.54) is 30.3 Å². The zero-order valence-corrected chi connectivity index (χ0v) is 18.4. The monoisotopic (exact) mass is 474 g/mol. The Morgan fingerprint density at radius 1 is 1.09 bits per heavy atom. The van der Waals surface area contributed by atoms with Gasteiger partial charge >= 0.3 is 6.18 Å². The van der Waals surface area contributed by atoms with Crippen LogP contribution in [0.15, 0.2) is 53.4 Å². The summed E-state index contributed by atoms with van der Waals surface area (Å²) in [7, 11) is -4.11. The van der Waals surface area contributed by atoms with Gasteiger partial charge in [-0.25, -0.2) is 8.42 Å². The summed E-state index contributed by atoms with van der Waals surface area (Å²) < 4.78 is 76.1. The molecule has 32 heavy (non-hydrogen) atoms. The van der Waals surface area contributed by atoms with Crippen LogP contribution in [0.5, 0.6) is 5.75 Å². The Morgan fingerprint density at radius 3 is 2.41 bits per heavy atom. The van der Waals surface area contributed by atoms with Crippen LogP contribution in [0.3, 0.4) is 0 Å². The number of hydrogen-bond donors (Lipinski definition) is 2. The van der Waals surface area contributed by atoms with E-state index in [2.05, 4.69) is 10.0 Å². The topological polar surface area (TPSA) is 93.7 Å². The quantitative estimate of drug-likeness (QED) is 0.483. The number of benzene rings is 2. The number of sulfonamides is 1. The first-order chi connectivity index (χ1) is 15.0. The summed E-state index contributed by atoms with van der Waals surface area (Å²) in [4.78, 5) is 11.6. The van der Waals surface area contributed by atoms with Gasteiger partial charge in [0.25, 0.3) is 15.9 Å². The zero-order chi connectivity index (χ0) is 23.8. The van der Waals surface area contributed by atoms with Crippen LogP contribution in [0.4, 0.5) is 18.9 Å². The van der Waals surface area contributed by atoms with E-state index in [0.29, 0.717) is 25.6 Å². The molecule has 1 amide bonds. The van der Waals surface area contributed by atoms with Gasteiger partial charge in [0.2, 0.25) is 0 Å². The number of anilines is 1. The molecule has 11 heteroatoms. The first-order valence-electron chi connectivity index (χ1n) is 9.78. The van der Waals surface area contributed by atoms with Crippen molar-refractivity contribution in [2.75, 3.05) is 24.5 Å². The second-order valence-corrected chi connectivity index (χ2v) is 8.75. The molecule has 0 bridgehead atoms. The lowest BCUT2D eigenvalue weighted by Crippen LogP contribution is -2.30. The zero-order valence-electron chi connectivity index (χ0n) is 17.6. The molecule has 0 atom stereocenters. The van der Waals surface area contributed by atoms with Crippen LogP contribution < -0.4 is 14.8 Å². The van der Waals surface area contributed by atoms with E-state index in [1.54, 1.807) is 0 Å². The maximum atomic E-state index is 12.8. The van der Waals surface area contributed by atoms with Crippen LogP contribution in [0.25, 0.3) is 0 Å². The van der Waals surface area contributed by atoms with Crippen molar-refractivity contribution in [1.82, 2.24) is 5.32 Å². The first kappa shape index (κ1) is 25.5. The van der Waals surface area contributed by atoms with E-state index in [0.717, 1.165) is 12.1 Å². The maximum absolute atomic E-state index is 12.8. The first-order valence-corrected chi connectivity index (χ1v) is 11.3. The molecule has 176 valence electrons. The number of carbonyl (C=O) groups excluding carboxylic acids is 1. The van der Waals surface area contributed by atoms with Crippen LogP contribution >= 0.6 is 0 Å². The van der Waals surface area contributed by atoms with Crippen LogP contribution in [-0.4, -0.2) is 40.2 Å². The third-order valence-corrected chi connectivity index (χ3v) is 5.44. The third-order valence-electron chi connectivity index (χ3n) is 4.04. The normalized spacial score (nSPS) is 11.9. The number of rotatable bonds is 11. The lowest BCUT2D eigenvalue weighted by atomic mass is 10.2.